The van der Waals surface area contributed by atoms with Gasteiger partial charge in [0.25, 0.3) is 5.91 Å². The maximum atomic E-state index is 12.8. The monoisotopic (exact) mass is 282 g/mol. The van der Waals surface area contributed by atoms with E-state index < -0.39 is 0 Å². The average Bonchev–Trinajstić information content (AvgIpc) is 2.46. The molecule has 3 heteroatoms. The van der Waals surface area contributed by atoms with Crippen molar-refractivity contribution >= 4 is 16.8 Å². The predicted molar refractivity (Wildman–Crippen MR) is 85.5 cm³/mol. The van der Waals surface area contributed by atoms with Gasteiger partial charge in [-0.2, -0.15) is 0 Å². The molecule has 1 saturated heterocycles. The second-order valence-electron chi connectivity index (χ2n) is 6.32. The molecule has 1 amide bonds. The number of aromatic nitrogens is 1. The fourth-order valence-electron chi connectivity index (χ4n) is 3.15. The van der Waals surface area contributed by atoms with Crippen molar-refractivity contribution in [3.63, 3.8) is 0 Å². The topological polar surface area (TPSA) is 33.2 Å². The van der Waals surface area contributed by atoms with Crippen LogP contribution in [-0.4, -0.2) is 28.9 Å². The summed E-state index contributed by atoms with van der Waals surface area (Å²) in [5.74, 6) is 0.730. The fourth-order valence-corrected chi connectivity index (χ4v) is 3.15. The first kappa shape index (κ1) is 14.1. The lowest BCUT2D eigenvalue weighted by Crippen LogP contribution is -2.39. The molecule has 1 aliphatic rings. The number of hydrogen-bond donors (Lipinski definition) is 0. The number of carbonyl (C=O) groups excluding carboxylic acids is 1. The molecule has 3 rings (SSSR count). The van der Waals surface area contributed by atoms with Gasteiger partial charge in [-0.1, -0.05) is 18.6 Å². The number of likely N-dealkylation sites (tertiary alicyclic amines) is 1. The fraction of sp³-hybridized carbons (Fsp3) is 0.444. The predicted octanol–water partition coefficient (Wildman–Crippen LogP) is 3.72. The maximum Gasteiger partial charge on any atom is 0.255 e. The third kappa shape index (κ3) is 2.78. The van der Waals surface area contributed by atoms with E-state index in [2.05, 4.69) is 31.0 Å². The summed E-state index contributed by atoms with van der Waals surface area (Å²) in [6.07, 6.45) is 2.32. The van der Waals surface area contributed by atoms with E-state index in [0.29, 0.717) is 5.92 Å². The largest absolute Gasteiger partial charge is 0.338 e. The maximum absolute atomic E-state index is 12.8. The standard InChI is InChI=1S/C18H22N2O/c1-12-6-7-17-15(9-12)10-16(14(3)19-17)18(21)20-8-4-5-13(2)11-20/h6-7,9-10,13H,4-5,8,11H2,1-3H3. The Morgan fingerprint density at radius 1 is 1.29 bits per heavy atom. The van der Waals surface area contributed by atoms with Gasteiger partial charge in [0.15, 0.2) is 0 Å². The zero-order chi connectivity index (χ0) is 15.0. The summed E-state index contributed by atoms with van der Waals surface area (Å²) >= 11 is 0. The molecule has 1 aromatic carbocycles. The minimum atomic E-state index is 0.134. The minimum Gasteiger partial charge on any atom is -0.338 e. The Hall–Kier alpha value is -1.90. The first-order chi connectivity index (χ1) is 10.0. The molecule has 0 N–H and O–H groups in total. The molecule has 2 heterocycles. The van der Waals surface area contributed by atoms with Gasteiger partial charge >= 0.3 is 0 Å². The molecule has 2 aromatic rings. The third-order valence-corrected chi connectivity index (χ3v) is 4.34. The van der Waals surface area contributed by atoms with Gasteiger partial charge in [0, 0.05) is 18.5 Å². The molecular weight excluding hydrogens is 260 g/mol. The smallest absolute Gasteiger partial charge is 0.255 e. The van der Waals surface area contributed by atoms with Gasteiger partial charge < -0.3 is 4.90 Å². The summed E-state index contributed by atoms with van der Waals surface area (Å²) in [5, 5.41) is 1.05. The summed E-state index contributed by atoms with van der Waals surface area (Å²) in [4.78, 5) is 19.4. The molecule has 1 aliphatic heterocycles. The molecule has 1 aromatic heterocycles. The molecule has 0 radical (unpaired) electrons. The second-order valence-corrected chi connectivity index (χ2v) is 6.32. The van der Waals surface area contributed by atoms with Crippen LogP contribution in [0.4, 0.5) is 0 Å². The van der Waals surface area contributed by atoms with E-state index in [0.717, 1.165) is 41.7 Å². The Balaban J connectivity index is 1.98. The number of nitrogens with zero attached hydrogens (tertiary/aromatic N) is 2. The van der Waals surface area contributed by atoms with Crippen LogP contribution in [0.1, 0.15) is 41.4 Å². The number of benzene rings is 1. The number of amides is 1. The molecule has 21 heavy (non-hydrogen) atoms. The average molecular weight is 282 g/mol. The molecule has 0 aliphatic carbocycles. The Morgan fingerprint density at radius 3 is 2.86 bits per heavy atom. The van der Waals surface area contributed by atoms with E-state index in [1.807, 2.05) is 24.0 Å². The summed E-state index contributed by atoms with van der Waals surface area (Å²) < 4.78 is 0. The lowest BCUT2D eigenvalue weighted by molar-refractivity contribution is 0.0682. The Labute approximate surface area is 126 Å². The van der Waals surface area contributed by atoms with Crippen LogP contribution >= 0.6 is 0 Å². The number of piperidine rings is 1. The van der Waals surface area contributed by atoms with Crippen molar-refractivity contribution < 1.29 is 4.79 Å². The Morgan fingerprint density at radius 2 is 2.10 bits per heavy atom. The highest BCUT2D eigenvalue weighted by Crippen LogP contribution is 2.22. The van der Waals surface area contributed by atoms with Crippen molar-refractivity contribution in [2.75, 3.05) is 13.1 Å². The van der Waals surface area contributed by atoms with Crippen molar-refractivity contribution in [3.05, 3.63) is 41.1 Å². The zero-order valence-corrected chi connectivity index (χ0v) is 13.0. The summed E-state index contributed by atoms with van der Waals surface area (Å²) in [7, 11) is 0. The van der Waals surface area contributed by atoms with Gasteiger partial charge in [0.1, 0.15) is 0 Å². The van der Waals surface area contributed by atoms with Gasteiger partial charge in [0.2, 0.25) is 0 Å². The van der Waals surface area contributed by atoms with E-state index in [-0.39, 0.29) is 5.91 Å². The normalized spacial score (nSPS) is 19.0. The van der Waals surface area contributed by atoms with Crippen LogP contribution < -0.4 is 0 Å². The van der Waals surface area contributed by atoms with Gasteiger partial charge in [-0.05, 0) is 50.8 Å². The van der Waals surface area contributed by atoms with Crippen molar-refractivity contribution in [1.29, 1.82) is 0 Å². The van der Waals surface area contributed by atoms with Crippen LogP contribution in [0.3, 0.4) is 0 Å². The first-order valence-corrected chi connectivity index (χ1v) is 7.72. The van der Waals surface area contributed by atoms with E-state index in [1.165, 1.54) is 12.0 Å². The first-order valence-electron chi connectivity index (χ1n) is 7.72. The molecular formula is C18H22N2O. The summed E-state index contributed by atoms with van der Waals surface area (Å²) in [5.41, 5.74) is 3.73. The van der Waals surface area contributed by atoms with E-state index in [1.54, 1.807) is 0 Å². The molecule has 3 nitrogen and oxygen atoms in total. The third-order valence-electron chi connectivity index (χ3n) is 4.34. The Kier molecular flexibility index (Phi) is 3.66. The SMILES string of the molecule is Cc1ccc2nc(C)c(C(=O)N3CCCC(C)C3)cc2c1. The van der Waals surface area contributed by atoms with Crippen LogP contribution in [0, 0.1) is 19.8 Å². The number of pyridine rings is 1. The molecule has 0 spiro atoms. The van der Waals surface area contributed by atoms with Crippen molar-refractivity contribution in [3.8, 4) is 0 Å². The van der Waals surface area contributed by atoms with Gasteiger partial charge in [-0.25, -0.2) is 0 Å². The van der Waals surface area contributed by atoms with Crippen molar-refractivity contribution in [2.24, 2.45) is 5.92 Å². The lowest BCUT2D eigenvalue weighted by atomic mass is 9.99. The quantitative estimate of drug-likeness (QED) is 0.798. The molecule has 1 unspecified atom stereocenters. The Bertz CT molecular complexity index is 693. The lowest BCUT2D eigenvalue weighted by Gasteiger charge is -2.31. The van der Waals surface area contributed by atoms with Crippen molar-refractivity contribution in [2.45, 2.75) is 33.6 Å². The summed E-state index contributed by atoms with van der Waals surface area (Å²) in [6.45, 7) is 7.94. The van der Waals surface area contributed by atoms with Crippen LogP contribution in [0.15, 0.2) is 24.3 Å². The van der Waals surface area contributed by atoms with Crippen LogP contribution in [-0.2, 0) is 0 Å². The van der Waals surface area contributed by atoms with Crippen LogP contribution in [0.2, 0.25) is 0 Å². The minimum absolute atomic E-state index is 0.134. The number of fused-ring (bicyclic) bond motifs is 1. The molecule has 1 fully saturated rings. The van der Waals surface area contributed by atoms with E-state index in [4.69, 9.17) is 0 Å². The van der Waals surface area contributed by atoms with Gasteiger partial charge in [0.05, 0.1) is 16.8 Å². The molecule has 0 bridgehead atoms. The van der Waals surface area contributed by atoms with Gasteiger partial charge in [-0.15, -0.1) is 0 Å². The number of carbonyl (C=O) groups is 1. The number of hydrogen-bond acceptors (Lipinski definition) is 2. The summed E-state index contributed by atoms with van der Waals surface area (Å²) in [6, 6.07) is 8.18. The molecule has 0 saturated carbocycles. The molecule has 1 atom stereocenters. The second kappa shape index (κ2) is 5.47. The highest BCUT2D eigenvalue weighted by molar-refractivity contribution is 5.98. The number of rotatable bonds is 1. The number of aryl methyl sites for hydroxylation is 2. The highest BCUT2D eigenvalue weighted by atomic mass is 16.2. The molecule has 110 valence electrons. The van der Waals surface area contributed by atoms with E-state index in [9.17, 15) is 4.79 Å². The van der Waals surface area contributed by atoms with Crippen molar-refractivity contribution in [1.82, 2.24) is 9.88 Å². The van der Waals surface area contributed by atoms with E-state index >= 15 is 0 Å². The van der Waals surface area contributed by atoms with Crippen LogP contribution in [0.25, 0.3) is 10.9 Å². The van der Waals surface area contributed by atoms with Crippen LogP contribution in [0.5, 0.6) is 0 Å². The van der Waals surface area contributed by atoms with Gasteiger partial charge in [-0.3, -0.25) is 9.78 Å². The zero-order valence-electron chi connectivity index (χ0n) is 13.0. The highest BCUT2D eigenvalue weighted by Gasteiger charge is 2.23.